The van der Waals surface area contributed by atoms with Crippen LogP contribution in [-0.2, 0) is 9.59 Å². The molecule has 0 spiro atoms. The summed E-state index contributed by atoms with van der Waals surface area (Å²) >= 11 is 0. The van der Waals surface area contributed by atoms with E-state index in [1.54, 1.807) is 0 Å². The lowest BCUT2D eigenvalue weighted by atomic mass is 9.85. The smallest absolute Gasteiger partial charge is 0.315 e. The number of carboxylic acids is 1. The highest BCUT2D eigenvalue weighted by Gasteiger charge is 2.28. The van der Waals surface area contributed by atoms with E-state index in [2.05, 4.69) is 10.6 Å². The first-order valence-electron chi connectivity index (χ1n) is 5.17. The molecule has 1 atom stereocenters. The Labute approximate surface area is 99.7 Å². The van der Waals surface area contributed by atoms with Crippen molar-refractivity contribution in [1.82, 2.24) is 10.6 Å². The molecule has 0 bridgehead atoms. The lowest BCUT2D eigenvalue weighted by Gasteiger charge is -2.30. The molecule has 0 aliphatic carbocycles. The van der Waals surface area contributed by atoms with Crippen LogP contribution in [0.4, 0.5) is 4.79 Å². The predicted octanol–water partition coefficient (Wildman–Crippen LogP) is -0.340. The van der Waals surface area contributed by atoms with E-state index < -0.39 is 29.4 Å². The van der Waals surface area contributed by atoms with Gasteiger partial charge in [-0.1, -0.05) is 20.8 Å². The maximum atomic E-state index is 11.4. The van der Waals surface area contributed by atoms with Crippen molar-refractivity contribution in [3.63, 3.8) is 0 Å². The lowest BCUT2D eigenvalue weighted by Crippen LogP contribution is -2.50. The molecule has 0 aromatic rings. The van der Waals surface area contributed by atoms with Crippen LogP contribution >= 0.6 is 0 Å². The summed E-state index contributed by atoms with van der Waals surface area (Å²) in [5.41, 5.74) is 4.46. The van der Waals surface area contributed by atoms with Crippen LogP contribution in [0.5, 0.6) is 0 Å². The van der Waals surface area contributed by atoms with Crippen molar-refractivity contribution < 1.29 is 19.5 Å². The minimum atomic E-state index is -1.000. The van der Waals surface area contributed by atoms with Crippen molar-refractivity contribution in [3.05, 3.63) is 0 Å². The predicted molar refractivity (Wildman–Crippen MR) is 61.2 cm³/mol. The van der Waals surface area contributed by atoms with E-state index >= 15 is 0 Å². The number of carbonyl (C=O) groups is 3. The molecule has 0 fully saturated rings. The molecule has 0 aromatic heterocycles. The molecule has 98 valence electrons. The molecule has 17 heavy (non-hydrogen) atoms. The Morgan fingerprint density at radius 1 is 1.29 bits per heavy atom. The third kappa shape index (κ3) is 7.15. The molecule has 7 nitrogen and oxygen atoms in total. The molecule has 0 rings (SSSR count). The van der Waals surface area contributed by atoms with Gasteiger partial charge in [-0.05, 0) is 5.41 Å². The molecule has 0 heterocycles. The van der Waals surface area contributed by atoms with Gasteiger partial charge in [0.2, 0.25) is 5.91 Å². The van der Waals surface area contributed by atoms with Crippen molar-refractivity contribution in [3.8, 4) is 0 Å². The highest BCUT2D eigenvalue weighted by molar-refractivity contribution is 5.83. The number of nitrogens with one attached hydrogen (secondary N) is 2. The summed E-state index contributed by atoms with van der Waals surface area (Å²) in [5.74, 6) is -1.66. The van der Waals surface area contributed by atoms with Crippen LogP contribution in [0.25, 0.3) is 0 Å². The van der Waals surface area contributed by atoms with Crippen LogP contribution in [0, 0.1) is 5.41 Å². The number of aliphatic carboxylic acids is 1. The van der Waals surface area contributed by atoms with E-state index in [0.717, 1.165) is 0 Å². The molecule has 3 amide bonds. The Hall–Kier alpha value is -1.79. The minimum Gasteiger partial charge on any atom is -0.481 e. The molecule has 0 radical (unpaired) electrons. The van der Waals surface area contributed by atoms with Gasteiger partial charge in [-0.2, -0.15) is 0 Å². The summed E-state index contributed by atoms with van der Waals surface area (Å²) in [7, 11) is 0. The number of urea groups is 1. The van der Waals surface area contributed by atoms with Crippen molar-refractivity contribution in [1.29, 1.82) is 0 Å². The number of rotatable bonds is 5. The highest BCUT2D eigenvalue weighted by Crippen LogP contribution is 2.21. The van der Waals surface area contributed by atoms with Crippen molar-refractivity contribution in [2.75, 3.05) is 6.54 Å². The van der Waals surface area contributed by atoms with Gasteiger partial charge in [0.1, 0.15) is 0 Å². The summed E-state index contributed by atoms with van der Waals surface area (Å²) < 4.78 is 0. The molecule has 1 unspecified atom stereocenters. The largest absolute Gasteiger partial charge is 0.481 e. The molecule has 0 saturated carbocycles. The number of nitrogens with two attached hydrogens (primary N) is 1. The number of primary amides is 1. The lowest BCUT2D eigenvalue weighted by molar-refractivity contribution is -0.138. The van der Waals surface area contributed by atoms with Crippen LogP contribution < -0.4 is 16.4 Å². The first-order chi connectivity index (χ1) is 7.62. The quantitative estimate of drug-likeness (QED) is 0.529. The maximum Gasteiger partial charge on any atom is 0.315 e. The first-order valence-corrected chi connectivity index (χ1v) is 5.17. The molecule has 7 heteroatoms. The summed E-state index contributed by atoms with van der Waals surface area (Å²) in [6.45, 7) is 5.16. The Bertz CT molecular complexity index is 309. The van der Waals surface area contributed by atoms with Gasteiger partial charge < -0.3 is 21.5 Å². The van der Waals surface area contributed by atoms with Crippen LogP contribution in [0.2, 0.25) is 0 Å². The van der Waals surface area contributed by atoms with E-state index in [1.165, 1.54) is 0 Å². The van der Waals surface area contributed by atoms with Crippen molar-refractivity contribution in [2.24, 2.45) is 11.1 Å². The zero-order chi connectivity index (χ0) is 13.6. The highest BCUT2D eigenvalue weighted by atomic mass is 16.4. The fraction of sp³-hybridized carbons (Fsp3) is 0.700. The molecule has 0 aliphatic heterocycles. The van der Waals surface area contributed by atoms with Crippen LogP contribution in [-0.4, -0.2) is 35.6 Å². The molecular formula is C10H19N3O4. The van der Waals surface area contributed by atoms with Gasteiger partial charge >= 0.3 is 12.0 Å². The topological polar surface area (TPSA) is 122 Å². The second-order valence-corrected chi connectivity index (χ2v) is 4.81. The maximum absolute atomic E-state index is 11.4. The summed E-state index contributed by atoms with van der Waals surface area (Å²) in [5, 5.41) is 13.5. The molecule has 0 saturated heterocycles. The van der Waals surface area contributed by atoms with Gasteiger partial charge in [0.25, 0.3) is 0 Å². The van der Waals surface area contributed by atoms with Crippen LogP contribution in [0.1, 0.15) is 27.2 Å². The summed E-state index contributed by atoms with van der Waals surface area (Å²) in [6, 6.07) is -1.14. The summed E-state index contributed by atoms with van der Waals surface area (Å²) in [6.07, 6.45) is -0.187. The minimum absolute atomic E-state index is 0.187. The van der Waals surface area contributed by atoms with Crippen LogP contribution in [0.3, 0.4) is 0 Å². The molecule has 5 N–H and O–H groups in total. The van der Waals surface area contributed by atoms with Crippen molar-refractivity contribution in [2.45, 2.75) is 33.2 Å². The van der Waals surface area contributed by atoms with Crippen molar-refractivity contribution >= 4 is 17.9 Å². The molecular weight excluding hydrogens is 226 g/mol. The monoisotopic (exact) mass is 245 g/mol. The fourth-order valence-corrected chi connectivity index (χ4v) is 1.13. The van der Waals surface area contributed by atoms with E-state index in [-0.39, 0.29) is 13.0 Å². The number of carbonyl (C=O) groups excluding carboxylic acids is 2. The SMILES string of the molecule is CC(C)(C)C(CC(=O)O)NC(=O)NCC(N)=O. The third-order valence-electron chi connectivity index (χ3n) is 2.15. The van der Waals surface area contributed by atoms with E-state index in [9.17, 15) is 14.4 Å². The fourth-order valence-electron chi connectivity index (χ4n) is 1.13. The molecule has 0 aromatic carbocycles. The third-order valence-corrected chi connectivity index (χ3v) is 2.15. The average molecular weight is 245 g/mol. The number of amides is 3. The zero-order valence-electron chi connectivity index (χ0n) is 10.2. The number of carboxylic acid groups (broad SMARTS) is 1. The number of hydrogen-bond acceptors (Lipinski definition) is 3. The van der Waals surface area contributed by atoms with Gasteiger partial charge in [0.05, 0.1) is 13.0 Å². The second-order valence-electron chi connectivity index (χ2n) is 4.81. The normalized spacial score (nSPS) is 12.6. The Morgan fingerprint density at radius 3 is 2.18 bits per heavy atom. The van der Waals surface area contributed by atoms with Gasteiger partial charge in [-0.25, -0.2) is 4.79 Å². The van der Waals surface area contributed by atoms with E-state index in [1.807, 2.05) is 20.8 Å². The van der Waals surface area contributed by atoms with E-state index in [4.69, 9.17) is 10.8 Å². The van der Waals surface area contributed by atoms with E-state index in [0.29, 0.717) is 0 Å². The summed E-state index contributed by atoms with van der Waals surface area (Å²) in [4.78, 5) is 32.5. The van der Waals surface area contributed by atoms with Gasteiger partial charge in [0.15, 0.2) is 0 Å². The second kappa shape index (κ2) is 6.07. The Balaban J connectivity index is 4.38. The Morgan fingerprint density at radius 2 is 1.82 bits per heavy atom. The average Bonchev–Trinajstić information content (AvgIpc) is 2.11. The molecule has 0 aliphatic rings. The van der Waals surface area contributed by atoms with Gasteiger partial charge in [0, 0.05) is 6.04 Å². The first kappa shape index (κ1) is 15.2. The van der Waals surface area contributed by atoms with Crippen LogP contribution in [0.15, 0.2) is 0 Å². The van der Waals surface area contributed by atoms with Gasteiger partial charge in [-0.3, -0.25) is 9.59 Å². The standard InChI is InChI=1S/C10H19N3O4/c1-10(2,3)6(4-8(15)16)13-9(17)12-5-7(11)14/h6H,4-5H2,1-3H3,(H2,11,14)(H,15,16)(H2,12,13,17). The number of hydrogen-bond donors (Lipinski definition) is 4. The zero-order valence-corrected chi connectivity index (χ0v) is 10.2. The van der Waals surface area contributed by atoms with Gasteiger partial charge in [-0.15, -0.1) is 0 Å². The Kier molecular flexibility index (Phi) is 5.43.